The first-order valence-electron chi connectivity index (χ1n) is 7.68. The fourth-order valence-electron chi connectivity index (χ4n) is 2.37. The van der Waals surface area contributed by atoms with Crippen molar-refractivity contribution in [2.45, 2.75) is 18.7 Å². The highest BCUT2D eigenvalue weighted by Crippen LogP contribution is 2.23. The van der Waals surface area contributed by atoms with E-state index in [1.165, 1.54) is 32.3 Å². The largest absolute Gasteiger partial charge is 0.507 e. The molecule has 0 aliphatic carbocycles. The Labute approximate surface area is 148 Å². The van der Waals surface area contributed by atoms with E-state index in [0.717, 1.165) is 21.0 Å². The Morgan fingerprint density at radius 2 is 1.68 bits per heavy atom. The summed E-state index contributed by atoms with van der Waals surface area (Å²) < 4.78 is 25.4. The van der Waals surface area contributed by atoms with Crippen LogP contribution in [0.3, 0.4) is 0 Å². The van der Waals surface area contributed by atoms with Gasteiger partial charge in [-0.2, -0.15) is 0 Å². The van der Waals surface area contributed by atoms with E-state index in [9.17, 15) is 18.3 Å². The summed E-state index contributed by atoms with van der Waals surface area (Å²) in [5.74, 6) is -0.0516. The Balaban J connectivity index is 2.30. The lowest BCUT2D eigenvalue weighted by Crippen LogP contribution is -2.22. The molecule has 0 saturated heterocycles. The average Bonchev–Trinajstić information content (AvgIpc) is 2.57. The summed E-state index contributed by atoms with van der Waals surface area (Å²) in [6, 6.07) is 9.51. The molecule has 0 radical (unpaired) electrons. The zero-order valence-corrected chi connectivity index (χ0v) is 15.5. The van der Waals surface area contributed by atoms with Gasteiger partial charge >= 0.3 is 0 Å². The third kappa shape index (κ3) is 4.15. The van der Waals surface area contributed by atoms with Crippen molar-refractivity contribution in [3.63, 3.8) is 0 Å². The molecule has 2 aromatic carbocycles. The maximum atomic E-state index is 12.4. The fraction of sp³-hybridized carbons (Fsp3) is 0.211. The highest BCUT2D eigenvalue weighted by molar-refractivity contribution is 7.89. The van der Waals surface area contributed by atoms with E-state index in [-0.39, 0.29) is 16.4 Å². The Hall–Kier alpha value is -2.44. The number of carbonyl (C=O) groups is 1. The van der Waals surface area contributed by atoms with E-state index >= 15 is 0 Å². The molecule has 0 amide bonds. The molecule has 0 atom stereocenters. The third-order valence-corrected chi connectivity index (χ3v) is 5.65. The molecule has 6 heteroatoms. The van der Waals surface area contributed by atoms with Gasteiger partial charge in [0.15, 0.2) is 5.78 Å². The van der Waals surface area contributed by atoms with E-state index in [4.69, 9.17) is 0 Å². The first-order chi connectivity index (χ1) is 11.6. The van der Waals surface area contributed by atoms with Crippen molar-refractivity contribution in [1.29, 1.82) is 0 Å². The lowest BCUT2D eigenvalue weighted by atomic mass is 10.0. The lowest BCUT2D eigenvalue weighted by Gasteiger charge is -2.11. The van der Waals surface area contributed by atoms with Gasteiger partial charge in [-0.25, -0.2) is 12.7 Å². The molecule has 0 heterocycles. The molecule has 2 rings (SSSR count). The number of aromatic hydroxyl groups is 1. The molecule has 0 aliphatic heterocycles. The average molecular weight is 359 g/mol. The van der Waals surface area contributed by atoms with Crippen LogP contribution in [-0.4, -0.2) is 37.7 Å². The molecular formula is C19H21NO4S. The van der Waals surface area contributed by atoms with Crippen LogP contribution in [0.2, 0.25) is 0 Å². The van der Waals surface area contributed by atoms with Crippen LogP contribution in [0.25, 0.3) is 6.08 Å². The minimum absolute atomic E-state index is 0.0769. The summed E-state index contributed by atoms with van der Waals surface area (Å²) >= 11 is 0. The number of benzene rings is 2. The molecule has 0 aromatic heterocycles. The van der Waals surface area contributed by atoms with Crippen molar-refractivity contribution < 1.29 is 18.3 Å². The van der Waals surface area contributed by atoms with Gasteiger partial charge < -0.3 is 5.11 Å². The van der Waals surface area contributed by atoms with Gasteiger partial charge in [-0.15, -0.1) is 0 Å². The molecule has 25 heavy (non-hydrogen) atoms. The predicted molar refractivity (Wildman–Crippen MR) is 98.3 cm³/mol. The van der Waals surface area contributed by atoms with Crippen LogP contribution in [0.5, 0.6) is 5.75 Å². The van der Waals surface area contributed by atoms with Crippen LogP contribution in [0.1, 0.15) is 27.0 Å². The van der Waals surface area contributed by atoms with Crippen LogP contribution in [0.15, 0.2) is 47.4 Å². The van der Waals surface area contributed by atoms with Crippen molar-refractivity contribution in [3.05, 3.63) is 64.7 Å². The molecule has 0 unspecified atom stereocenters. The summed E-state index contributed by atoms with van der Waals surface area (Å²) in [6.45, 7) is 3.58. The standard InChI is InChI=1S/C19H21NO4S/c1-13-10-15(11-14(2)19(13)22)8-9-18(21)16-6-5-7-17(12-16)25(23,24)20(3)4/h5-12,22H,1-4H3/b9-8+. The van der Waals surface area contributed by atoms with E-state index in [1.54, 1.807) is 44.2 Å². The van der Waals surface area contributed by atoms with Crippen LogP contribution in [0.4, 0.5) is 0 Å². The molecule has 0 aliphatic rings. The van der Waals surface area contributed by atoms with Crippen LogP contribution < -0.4 is 0 Å². The number of aryl methyl sites for hydroxylation is 2. The number of hydrogen-bond donors (Lipinski definition) is 1. The number of phenolic OH excluding ortho intramolecular Hbond substituents is 1. The van der Waals surface area contributed by atoms with Gasteiger partial charge in [0.2, 0.25) is 10.0 Å². The molecule has 132 valence electrons. The molecule has 5 nitrogen and oxygen atoms in total. The predicted octanol–water partition coefficient (Wildman–Crippen LogP) is 3.16. The van der Waals surface area contributed by atoms with Gasteiger partial charge in [-0.3, -0.25) is 4.79 Å². The number of hydrogen-bond acceptors (Lipinski definition) is 4. The van der Waals surface area contributed by atoms with E-state index in [2.05, 4.69) is 0 Å². The monoisotopic (exact) mass is 359 g/mol. The van der Waals surface area contributed by atoms with Gasteiger partial charge in [-0.1, -0.05) is 18.2 Å². The number of sulfonamides is 1. The van der Waals surface area contributed by atoms with Gasteiger partial charge in [0.05, 0.1) is 4.90 Å². The first-order valence-corrected chi connectivity index (χ1v) is 9.12. The van der Waals surface area contributed by atoms with Crippen molar-refractivity contribution >= 4 is 21.9 Å². The van der Waals surface area contributed by atoms with E-state index in [1.807, 2.05) is 0 Å². The van der Waals surface area contributed by atoms with Gasteiger partial charge in [-0.05, 0) is 60.9 Å². The Bertz CT molecular complexity index is 921. The van der Waals surface area contributed by atoms with Crippen molar-refractivity contribution in [3.8, 4) is 5.75 Å². The first kappa shape index (κ1) is 18.9. The van der Waals surface area contributed by atoms with Crippen LogP contribution >= 0.6 is 0 Å². The molecule has 0 bridgehead atoms. The number of ketones is 1. The Morgan fingerprint density at radius 3 is 2.24 bits per heavy atom. The minimum atomic E-state index is -3.59. The van der Waals surface area contributed by atoms with Gasteiger partial charge in [0.25, 0.3) is 0 Å². The highest BCUT2D eigenvalue weighted by atomic mass is 32.2. The zero-order chi connectivity index (χ0) is 18.8. The quantitative estimate of drug-likeness (QED) is 0.657. The van der Waals surface area contributed by atoms with E-state index < -0.39 is 10.0 Å². The number of phenols is 1. The molecule has 1 N–H and O–H groups in total. The summed E-state index contributed by atoms with van der Waals surface area (Å²) in [4.78, 5) is 12.4. The second-order valence-corrected chi connectivity index (χ2v) is 8.17. The summed E-state index contributed by atoms with van der Waals surface area (Å²) in [5.41, 5.74) is 2.54. The SMILES string of the molecule is Cc1cc(/C=C/C(=O)c2cccc(S(=O)(=O)N(C)C)c2)cc(C)c1O. The number of allylic oxidation sites excluding steroid dienone is 1. The van der Waals surface area contributed by atoms with Gasteiger partial charge in [0, 0.05) is 19.7 Å². The van der Waals surface area contributed by atoms with Crippen molar-refractivity contribution in [2.75, 3.05) is 14.1 Å². The lowest BCUT2D eigenvalue weighted by molar-refractivity contribution is 0.104. The third-order valence-electron chi connectivity index (χ3n) is 3.84. The normalized spacial score (nSPS) is 12.0. The fourth-order valence-corrected chi connectivity index (χ4v) is 3.32. The van der Waals surface area contributed by atoms with Crippen molar-refractivity contribution in [2.24, 2.45) is 0 Å². The number of nitrogens with zero attached hydrogens (tertiary/aromatic N) is 1. The molecule has 2 aromatic rings. The highest BCUT2D eigenvalue weighted by Gasteiger charge is 2.18. The zero-order valence-electron chi connectivity index (χ0n) is 14.6. The maximum absolute atomic E-state index is 12.4. The van der Waals surface area contributed by atoms with Crippen LogP contribution in [-0.2, 0) is 10.0 Å². The summed E-state index contributed by atoms with van der Waals surface area (Å²) in [7, 11) is -0.699. The minimum Gasteiger partial charge on any atom is -0.507 e. The maximum Gasteiger partial charge on any atom is 0.242 e. The van der Waals surface area contributed by atoms with Gasteiger partial charge in [0.1, 0.15) is 5.75 Å². The molecule has 0 spiro atoms. The van der Waals surface area contributed by atoms with E-state index in [0.29, 0.717) is 5.56 Å². The molecule has 0 saturated carbocycles. The summed E-state index contributed by atoms with van der Waals surface area (Å²) in [6.07, 6.45) is 3.04. The molecular weight excluding hydrogens is 338 g/mol. The Morgan fingerprint density at radius 1 is 1.08 bits per heavy atom. The molecule has 0 fully saturated rings. The Kier molecular flexibility index (Phi) is 5.45. The van der Waals surface area contributed by atoms with Crippen molar-refractivity contribution in [1.82, 2.24) is 4.31 Å². The number of carbonyl (C=O) groups excluding carboxylic acids is 1. The summed E-state index contributed by atoms with van der Waals surface area (Å²) in [5, 5.41) is 9.79. The number of rotatable bonds is 5. The smallest absolute Gasteiger partial charge is 0.242 e. The topological polar surface area (TPSA) is 74.7 Å². The van der Waals surface area contributed by atoms with Crippen LogP contribution in [0, 0.1) is 13.8 Å². The second kappa shape index (κ2) is 7.21. The second-order valence-electron chi connectivity index (χ2n) is 6.02.